The van der Waals surface area contributed by atoms with Gasteiger partial charge in [-0.3, -0.25) is 0 Å². The highest BCUT2D eigenvalue weighted by atomic mass is 16.5. The largest absolute Gasteiger partial charge is 0.493 e. The number of rotatable bonds is 5. The molecule has 1 atom stereocenters. The summed E-state index contributed by atoms with van der Waals surface area (Å²) in [6.45, 7) is 3.15. The number of oxazole rings is 1. The molecule has 0 fully saturated rings. The lowest BCUT2D eigenvalue weighted by atomic mass is 10.0. The van der Waals surface area contributed by atoms with Gasteiger partial charge in [-0.2, -0.15) is 0 Å². The molecule has 23 heavy (non-hydrogen) atoms. The summed E-state index contributed by atoms with van der Waals surface area (Å²) in [5, 5.41) is 3.26. The average molecular weight is 314 g/mol. The Morgan fingerprint density at radius 1 is 1.43 bits per heavy atom. The van der Waals surface area contributed by atoms with Gasteiger partial charge in [0.1, 0.15) is 18.1 Å². The van der Waals surface area contributed by atoms with Crippen LogP contribution < -0.4 is 15.8 Å². The fourth-order valence-corrected chi connectivity index (χ4v) is 2.63. The summed E-state index contributed by atoms with van der Waals surface area (Å²) < 4.78 is 11.2. The monoisotopic (exact) mass is 314 g/mol. The van der Waals surface area contributed by atoms with E-state index in [1.54, 1.807) is 6.20 Å². The van der Waals surface area contributed by atoms with E-state index in [9.17, 15) is 0 Å². The summed E-state index contributed by atoms with van der Waals surface area (Å²) in [7, 11) is 0. The average Bonchev–Trinajstić information content (AvgIpc) is 3.01. The summed E-state index contributed by atoms with van der Waals surface area (Å²) in [5.74, 6) is 2.79. The molecule has 0 radical (unpaired) electrons. The van der Waals surface area contributed by atoms with Crippen LogP contribution in [0.1, 0.15) is 43.0 Å². The maximum atomic E-state index is 6.01. The molecule has 0 amide bonds. The Morgan fingerprint density at radius 3 is 3.17 bits per heavy atom. The fraction of sp³-hybridized carbons (Fsp3) is 0.412. The predicted molar refractivity (Wildman–Crippen MR) is 88.3 cm³/mol. The third-order valence-electron chi connectivity index (χ3n) is 3.75. The number of ether oxygens (including phenoxy) is 1. The Hall–Kier alpha value is -2.50. The van der Waals surface area contributed by atoms with Gasteiger partial charge >= 0.3 is 0 Å². The first kappa shape index (κ1) is 15.4. The molecule has 2 aromatic rings. The number of para-hydroxylation sites is 1. The minimum atomic E-state index is 0.120. The van der Waals surface area contributed by atoms with Crippen LogP contribution in [0, 0.1) is 0 Å². The lowest BCUT2D eigenvalue weighted by molar-refractivity contribution is 0.262. The number of benzene rings is 1. The Morgan fingerprint density at radius 2 is 2.30 bits per heavy atom. The first-order valence-electron chi connectivity index (χ1n) is 7.98. The number of hydrogen-bond donors (Lipinski definition) is 2. The van der Waals surface area contributed by atoms with Gasteiger partial charge in [0.2, 0.25) is 0 Å². The van der Waals surface area contributed by atoms with E-state index >= 15 is 0 Å². The van der Waals surface area contributed by atoms with Crippen LogP contribution in [-0.2, 0) is 13.0 Å². The van der Waals surface area contributed by atoms with Crippen molar-refractivity contribution in [1.29, 1.82) is 0 Å². The van der Waals surface area contributed by atoms with Crippen molar-refractivity contribution in [2.75, 3.05) is 6.61 Å². The molecule has 1 aromatic heterocycles. The molecule has 1 aromatic carbocycles. The molecule has 1 unspecified atom stereocenters. The quantitative estimate of drug-likeness (QED) is 0.654. The predicted octanol–water partition coefficient (Wildman–Crippen LogP) is 2.56. The molecule has 122 valence electrons. The van der Waals surface area contributed by atoms with Crippen molar-refractivity contribution < 1.29 is 9.15 Å². The number of aromatic nitrogens is 1. The number of guanidine groups is 1. The van der Waals surface area contributed by atoms with Gasteiger partial charge in [-0.15, -0.1) is 0 Å². The summed E-state index contributed by atoms with van der Waals surface area (Å²) in [6.07, 6.45) is 4.42. The SMILES string of the molecule is CCCc1ncc(CN=C(N)NC2CCOc3ccccc32)o1. The minimum Gasteiger partial charge on any atom is -0.493 e. The Labute approximate surface area is 135 Å². The van der Waals surface area contributed by atoms with Crippen molar-refractivity contribution in [2.45, 2.75) is 38.8 Å². The smallest absolute Gasteiger partial charge is 0.194 e. The van der Waals surface area contributed by atoms with Crippen LogP contribution in [0.25, 0.3) is 0 Å². The molecule has 6 heteroatoms. The maximum Gasteiger partial charge on any atom is 0.194 e. The second-order valence-electron chi connectivity index (χ2n) is 5.54. The highest BCUT2D eigenvalue weighted by Crippen LogP contribution is 2.31. The number of fused-ring (bicyclic) bond motifs is 1. The van der Waals surface area contributed by atoms with Gasteiger partial charge in [0.15, 0.2) is 11.9 Å². The van der Waals surface area contributed by atoms with Crippen molar-refractivity contribution in [1.82, 2.24) is 10.3 Å². The van der Waals surface area contributed by atoms with Crippen molar-refractivity contribution in [3.63, 3.8) is 0 Å². The van der Waals surface area contributed by atoms with Crippen molar-refractivity contribution in [3.05, 3.63) is 47.7 Å². The number of aliphatic imine (C=N–C) groups is 1. The molecule has 0 spiro atoms. The van der Waals surface area contributed by atoms with E-state index in [2.05, 4.69) is 22.2 Å². The molecule has 0 saturated heterocycles. The van der Waals surface area contributed by atoms with Crippen LogP contribution in [0.15, 0.2) is 39.9 Å². The van der Waals surface area contributed by atoms with Crippen LogP contribution >= 0.6 is 0 Å². The van der Waals surface area contributed by atoms with E-state index in [-0.39, 0.29) is 6.04 Å². The van der Waals surface area contributed by atoms with E-state index in [0.29, 0.717) is 19.1 Å². The molecule has 1 aliphatic rings. The molecule has 2 heterocycles. The van der Waals surface area contributed by atoms with Gasteiger partial charge in [-0.25, -0.2) is 9.98 Å². The second-order valence-corrected chi connectivity index (χ2v) is 5.54. The number of aryl methyl sites for hydroxylation is 1. The van der Waals surface area contributed by atoms with Crippen LogP contribution in [0.5, 0.6) is 5.75 Å². The van der Waals surface area contributed by atoms with Crippen molar-refractivity contribution >= 4 is 5.96 Å². The van der Waals surface area contributed by atoms with Crippen LogP contribution in [0.4, 0.5) is 0 Å². The van der Waals surface area contributed by atoms with E-state index in [4.69, 9.17) is 14.9 Å². The zero-order valence-corrected chi connectivity index (χ0v) is 13.3. The van der Waals surface area contributed by atoms with Crippen LogP contribution in [0.3, 0.4) is 0 Å². The maximum absolute atomic E-state index is 6.01. The van der Waals surface area contributed by atoms with E-state index in [0.717, 1.165) is 42.2 Å². The Bertz CT molecular complexity index is 681. The number of nitrogens with zero attached hydrogens (tertiary/aromatic N) is 2. The molecule has 0 aliphatic carbocycles. The highest BCUT2D eigenvalue weighted by Gasteiger charge is 2.21. The third kappa shape index (κ3) is 3.83. The standard InChI is InChI=1S/C17H22N4O2/c1-2-5-16-19-10-12(23-16)11-20-17(18)21-14-8-9-22-15-7-4-3-6-13(14)15/h3-4,6-7,10,14H,2,5,8-9,11H2,1H3,(H3,18,20,21). The highest BCUT2D eigenvalue weighted by molar-refractivity contribution is 5.78. The number of hydrogen-bond acceptors (Lipinski definition) is 4. The summed E-state index contributed by atoms with van der Waals surface area (Å²) in [5.41, 5.74) is 7.12. The molecular weight excluding hydrogens is 292 g/mol. The first-order valence-corrected chi connectivity index (χ1v) is 7.98. The topological polar surface area (TPSA) is 85.7 Å². The van der Waals surface area contributed by atoms with Crippen molar-refractivity contribution in [2.24, 2.45) is 10.7 Å². The number of nitrogens with two attached hydrogens (primary N) is 1. The second kappa shape index (κ2) is 7.17. The number of nitrogens with one attached hydrogen (secondary N) is 1. The van der Waals surface area contributed by atoms with Crippen LogP contribution in [0.2, 0.25) is 0 Å². The lowest BCUT2D eigenvalue weighted by Crippen LogP contribution is -2.37. The third-order valence-corrected chi connectivity index (χ3v) is 3.75. The molecule has 3 rings (SSSR count). The molecular formula is C17H22N4O2. The Kier molecular flexibility index (Phi) is 4.80. The minimum absolute atomic E-state index is 0.120. The van der Waals surface area contributed by atoms with Gasteiger partial charge in [0.25, 0.3) is 0 Å². The lowest BCUT2D eigenvalue weighted by Gasteiger charge is -2.26. The molecule has 0 saturated carbocycles. The van der Waals surface area contributed by atoms with E-state index in [1.807, 2.05) is 24.3 Å². The van der Waals surface area contributed by atoms with Crippen LogP contribution in [-0.4, -0.2) is 17.6 Å². The molecule has 3 N–H and O–H groups in total. The normalized spacial score (nSPS) is 17.4. The molecule has 1 aliphatic heterocycles. The van der Waals surface area contributed by atoms with Gasteiger partial charge in [0, 0.05) is 18.4 Å². The molecule has 0 bridgehead atoms. The van der Waals surface area contributed by atoms with E-state index in [1.165, 1.54) is 0 Å². The van der Waals surface area contributed by atoms with Gasteiger partial charge < -0.3 is 20.2 Å². The zero-order valence-electron chi connectivity index (χ0n) is 13.3. The van der Waals surface area contributed by atoms with E-state index < -0.39 is 0 Å². The van der Waals surface area contributed by atoms with Gasteiger partial charge in [-0.1, -0.05) is 25.1 Å². The van der Waals surface area contributed by atoms with Gasteiger partial charge in [0.05, 0.1) is 18.8 Å². The fourth-order valence-electron chi connectivity index (χ4n) is 2.63. The summed E-state index contributed by atoms with van der Waals surface area (Å²) >= 11 is 0. The zero-order chi connectivity index (χ0) is 16.1. The molecule has 6 nitrogen and oxygen atoms in total. The first-order chi connectivity index (χ1) is 11.3. The van der Waals surface area contributed by atoms with Crippen molar-refractivity contribution in [3.8, 4) is 5.75 Å². The Balaban J connectivity index is 1.61. The van der Waals surface area contributed by atoms with Gasteiger partial charge in [-0.05, 0) is 12.5 Å². The summed E-state index contributed by atoms with van der Waals surface area (Å²) in [4.78, 5) is 8.56. The summed E-state index contributed by atoms with van der Waals surface area (Å²) in [6, 6.07) is 8.11.